The lowest BCUT2D eigenvalue weighted by atomic mass is 10.2. The molecule has 106 valence electrons. The summed E-state index contributed by atoms with van der Waals surface area (Å²) in [6.45, 7) is 0.935. The van der Waals surface area contributed by atoms with Crippen LogP contribution in [-0.2, 0) is 11.3 Å². The van der Waals surface area contributed by atoms with Gasteiger partial charge in [-0.15, -0.1) is 0 Å². The van der Waals surface area contributed by atoms with Crippen molar-refractivity contribution in [3.05, 3.63) is 38.1 Å². The van der Waals surface area contributed by atoms with E-state index in [0.29, 0.717) is 29.3 Å². The van der Waals surface area contributed by atoms with Crippen molar-refractivity contribution in [1.29, 1.82) is 0 Å². The van der Waals surface area contributed by atoms with Crippen molar-refractivity contribution < 1.29 is 9.66 Å². The molecule has 1 aromatic carbocycles. The number of methoxy groups -OCH3 is 1. The molecule has 0 fully saturated rings. The van der Waals surface area contributed by atoms with E-state index in [1.165, 1.54) is 12.1 Å². The molecule has 9 heteroatoms. The number of nitrogens with zero attached hydrogens (tertiary/aromatic N) is 3. The Balaban J connectivity index is 2.51. The molecule has 7 nitrogen and oxygen atoms in total. The Morgan fingerprint density at radius 2 is 2.30 bits per heavy atom. The first-order chi connectivity index (χ1) is 9.52. The van der Waals surface area contributed by atoms with E-state index >= 15 is 0 Å². The van der Waals surface area contributed by atoms with Gasteiger partial charge in [0.2, 0.25) is 0 Å². The number of non-ortho nitro benzene ring substituents is 1. The van der Waals surface area contributed by atoms with Gasteiger partial charge in [0.1, 0.15) is 0 Å². The summed E-state index contributed by atoms with van der Waals surface area (Å²) in [5.74, 6) is 0.484. The predicted octanol–water partition coefficient (Wildman–Crippen LogP) is 2.82. The lowest BCUT2D eigenvalue weighted by molar-refractivity contribution is -0.384. The Kier molecular flexibility index (Phi) is 4.48. The molecule has 1 N–H and O–H groups in total. The van der Waals surface area contributed by atoms with Crippen molar-refractivity contribution in [2.75, 3.05) is 13.7 Å². The van der Waals surface area contributed by atoms with Gasteiger partial charge in [0, 0.05) is 29.8 Å². The van der Waals surface area contributed by atoms with Gasteiger partial charge in [-0.2, -0.15) is 5.10 Å². The molecule has 0 bridgehead atoms. The zero-order valence-corrected chi connectivity index (χ0v) is 12.1. The molecule has 2 rings (SSSR count). The zero-order chi connectivity index (χ0) is 14.7. The van der Waals surface area contributed by atoms with Crippen LogP contribution < -0.4 is 0 Å². The highest BCUT2D eigenvalue weighted by molar-refractivity contribution is 7.71. The lowest BCUT2D eigenvalue weighted by Gasteiger charge is -2.06. The van der Waals surface area contributed by atoms with Crippen molar-refractivity contribution in [2.24, 2.45) is 0 Å². The molecule has 0 amide bonds. The number of nitrogens with one attached hydrogen (secondary N) is 1. The number of hydrogen-bond acceptors (Lipinski definition) is 5. The van der Waals surface area contributed by atoms with Crippen LogP contribution in [0, 0.1) is 14.9 Å². The smallest absolute Gasteiger partial charge is 0.271 e. The van der Waals surface area contributed by atoms with Crippen molar-refractivity contribution in [3.8, 4) is 11.4 Å². The van der Waals surface area contributed by atoms with Crippen LogP contribution in [0.3, 0.4) is 0 Å². The number of H-pyrrole nitrogens is 1. The number of aromatic amines is 1. The van der Waals surface area contributed by atoms with Gasteiger partial charge >= 0.3 is 0 Å². The maximum Gasteiger partial charge on any atom is 0.271 e. The fourth-order valence-electron chi connectivity index (χ4n) is 1.74. The van der Waals surface area contributed by atoms with E-state index in [2.05, 4.69) is 10.2 Å². The molecule has 0 spiro atoms. The van der Waals surface area contributed by atoms with Crippen LogP contribution >= 0.6 is 23.8 Å². The van der Waals surface area contributed by atoms with Crippen molar-refractivity contribution >= 4 is 29.5 Å². The van der Waals surface area contributed by atoms with Crippen LogP contribution in [0.25, 0.3) is 11.4 Å². The summed E-state index contributed by atoms with van der Waals surface area (Å²) < 4.78 is 7.12. The number of nitro groups is 1. The summed E-state index contributed by atoms with van der Waals surface area (Å²) in [6, 6.07) is 4.29. The van der Waals surface area contributed by atoms with Gasteiger partial charge in [0.15, 0.2) is 10.6 Å². The summed E-state index contributed by atoms with van der Waals surface area (Å²) in [5, 5.41) is 17.9. The van der Waals surface area contributed by atoms with Crippen molar-refractivity contribution in [1.82, 2.24) is 14.8 Å². The third kappa shape index (κ3) is 3.03. The summed E-state index contributed by atoms with van der Waals surface area (Å²) in [6.07, 6.45) is 0. The second kappa shape index (κ2) is 6.12. The lowest BCUT2D eigenvalue weighted by Crippen LogP contribution is -2.06. The van der Waals surface area contributed by atoms with E-state index in [9.17, 15) is 10.1 Å². The first kappa shape index (κ1) is 14.6. The van der Waals surface area contributed by atoms with E-state index in [1.54, 1.807) is 17.7 Å². The molecular weight excluding hydrogens is 304 g/mol. The van der Waals surface area contributed by atoms with E-state index in [0.717, 1.165) is 0 Å². The maximum atomic E-state index is 10.9. The topological polar surface area (TPSA) is 86.0 Å². The molecule has 0 aliphatic rings. The maximum absolute atomic E-state index is 10.9. The average Bonchev–Trinajstić information content (AvgIpc) is 2.77. The molecule has 0 saturated carbocycles. The number of rotatable bonds is 5. The molecule has 1 aromatic heterocycles. The summed E-state index contributed by atoms with van der Waals surface area (Å²) in [5.41, 5.74) is 0.423. The molecule has 0 unspecified atom stereocenters. The minimum Gasteiger partial charge on any atom is -0.383 e. The standard InChI is InChI=1S/C11H11ClN4O3S/c1-19-3-2-15-10(13-14-11(15)20)7-4-8(12)6-9(5-7)16(17)18/h4-6H,2-3H2,1H3,(H,14,20). The highest BCUT2D eigenvalue weighted by Crippen LogP contribution is 2.27. The number of halogens is 1. The Hall–Kier alpha value is -1.77. The van der Waals surface area contributed by atoms with Crippen LogP contribution in [-0.4, -0.2) is 33.4 Å². The Morgan fingerprint density at radius 3 is 2.95 bits per heavy atom. The Morgan fingerprint density at radius 1 is 1.55 bits per heavy atom. The normalized spacial score (nSPS) is 10.7. The fraction of sp³-hybridized carbons (Fsp3) is 0.273. The first-order valence-corrected chi connectivity index (χ1v) is 6.41. The second-order valence-electron chi connectivity index (χ2n) is 3.95. The van der Waals surface area contributed by atoms with Gasteiger partial charge < -0.3 is 4.74 Å². The van der Waals surface area contributed by atoms with Crippen molar-refractivity contribution in [2.45, 2.75) is 6.54 Å². The number of aromatic nitrogens is 3. The van der Waals surface area contributed by atoms with Gasteiger partial charge in [0.25, 0.3) is 5.69 Å². The number of benzene rings is 1. The number of nitro benzene ring substituents is 1. The Labute approximate surface area is 124 Å². The molecule has 0 aliphatic heterocycles. The molecule has 20 heavy (non-hydrogen) atoms. The van der Waals surface area contributed by atoms with Gasteiger partial charge in [-0.3, -0.25) is 19.8 Å². The van der Waals surface area contributed by atoms with Gasteiger partial charge in [-0.25, -0.2) is 0 Å². The average molecular weight is 315 g/mol. The highest BCUT2D eigenvalue weighted by Gasteiger charge is 2.14. The molecule has 0 saturated heterocycles. The molecule has 2 aromatic rings. The second-order valence-corrected chi connectivity index (χ2v) is 4.78. The van der Waals surface area contributed by atoms with E-state index in [1.807, 2.05) is 0 Å². The van der Waals surface area contributed by atoms with Crippen LogP contribution in [0.15, 0.2) is 18.2 Å². The van der Waals surface area contributed by atoms with Gasteiger partial charge in [0.05, 0.1) is 18.1 Å². The molecule has 0 atom stereocenters. The molecular formula is C11H11ClN4O3S. The van der Waals surface area contributed by atoms with Crippen molar-refractivity contribution in [3.63, 3.8) is 0 Å². The van der Waals surface area contributed by atoms with E-state index in [4.69, 9.17) is 28.6 Å². The summed E-state index contributed by atoms with van der Waals surface area (Å²) in [4.78, 5) is 10.4. The molecule has 1 heterocycles. The van der Waals surface area contributed by atoms with E-state index in [-0.39, 0.29) is 10.7 Å². The largest absolute Gasteiger partial charge is 0.383 e. The van der Waals surface area contributed by atoms with Crippen LogP contribution in [0.4, 0.5) is 5.69 Å². The monoisotopic (exact) mass is 314 g/mol. The van der Waals surface area contributed by atoms with E-state index < -0.39 is 4.92 Å². The minimum absolute atomic E-state index is 0.0975. The first-order valence-electron chi connectivity index (χ1n) is 5.62. The SMILES string of the molecule is COCCn1c(-c2cc(Cl)cc([N+](=O)[O-])c2)n[nH]c1=S. The van der Waals surface area contributed by atoms with Gasteiger partial charge in [-0.1, -0.05) is 11.6 Å². The predicted molar refractivity (Wildman–Crippen MR) is 76.4 cm³/mol. The minimum atomic E-state index is -0.504. The zero-order valence-electron chi connectivity index (χ0n) is 10.5. The van der Waals surface area contributed by atoms with Crippen LogP contribution in [0.5, 0.6) is 0 Å². The molecule has 0 aliphatic carbocycles. The van der Waals surface area contributed by atoms with Crippen LogP contribution in [0.1, 0.15) is 0 Å². The highest BCUT2D eigenvalue weighted by atomic mass is 35.5. The fourth-order valence-corrected chi connectivity index (χ4v) is 2.19. The molecule has 0 radical (unpaired) electrons. The third-order valence-corrected chi connectivity index (χ3v) is 3.16. The van der Waals surface area contributed by atoms with Crippen LogP contribution in [0.2, 0.25) is 5.02 Å². The third-order valence-electron chi connectivity index (χ3n) is 2.63. The quantitative estimate of drug-likeness (QED) is 0.521. The number of ether oxygens (including phenoxy) is 1. The number of hydrogen-bond donors (Lipinski definition) is 1. The summed E-state index contributed by atoms with van der Waals surface area (Å²) >= 11 is 11.0. The van der Waals surface area contributed by atoms with Gasteiger partial charge in [-0.05, 0) is 18.3 Å². The Bertz CT molecular complexity index is 697. The summed E-state index contributed by atoms with van der Waals surface area (Å²) in [7, 11) is 1.58.